The van der Waals surface area contributed by atoms with Crippen LogP contribution in [0, 0.1) is 6.92 Å². The maximum absolute atomic E-state index is 11.5. The molecule has 0 fully saturated rings. The SMILES string of the molecule is C=CC(=O)NCc1ccc(C2=CC=c3c(Oc4cccc(C)n4)cc4c5c(cnc-5c3N2C)=NNC4)cc1. The third kappa shape index (κ3) is 4.16. The standard InChI is InChI=1S/C30H26N6O2/c1-4-26(37)31-15-19-8-10-20(11-9-19)24-13-12-22-25(38-27-7-5-6-18(2)34-27)14-21-16-33-35-23-17-32-29(28(21)23)30(22)36(24)3/h4-14,17,33H,1,15-16H2,2-3H3,(H,31,37). The molecule has 0 saturated heterocycles. The van der Waals surface area contributed by atoms with E-state index in [4.69, 9.17) is 9.72 Å². The highest BCUT2D eigenvalue weighted by Crippen LogP contribution is 2.36. The topological polar surface area (TPSA) is 91.7 Å². The molecular formula is C30H26N6O2. The molecule has 2 N–H and O–H groups in total. The van der Waals surface area contributed by atoms with Gasteiger partial charge in [0.05, 0.1) is 24.1 Å². The molecule has 0 atom stereocenters. The summed E-state index contributed by atoms with van der Waals surface area (Å²) in [6.07, 6.45) is 7.24. The minimum absolute atomic E-state index is 0.193. The van der Waals surface area contributed by atoms with E-state index in [0.29, 0.717) is 24.7 Å². The predicted octanol–water partition coefficient (Wildman–Crippen LogP) is 3.39. The fourth-order valence-electron chi connectivity index (χ4n) is 4.87. The number of ether oxygens (including phenoxy) is 1. The summed E-state index contributed by atoms with van der Waals surface area (Å²) in [4.78, 5) is 23.0. The molecule has 0 radical (unpaired) electrons. The van der Waals surface area contributed by atoms with Crippen LogP contribution in [0.2, 0.25) is 0 Å². The van der Waals surface area contributed by atoms with Gasteiger partial charge >= 0.3 is 0 Å². The Labute approximate surface area is 220 Å². The Morgan fingerprint density at radius 2 is 2.05 bits per heavy atom. The number of rotatable bonds is 6. The summed E-state index contributed by atoms with van der Waals surface area (Å²) < 4.78 is 6.40. The normalized spacial score (nSPS) is 13.4. The van der Waals surface area contributed by atoms with Crippen LogP contribution in [-0.4, -0.2) is 22.9 Å². The lowest BCUT2D eigenvalue weighted by atomic mass is 10.0. The molecule has 2 aromatic rings. The number of aryl methyl sites for hydroxylation is 1. The summed E-state index contributed by atoms with van der Waals surface area (Å²) in [6.45, 7) is 6.46. The first-order chi connectivity index (χ1) is 18.5. The Balaban J connectivity index is 1.46. The number of anilines is 1. The number of carbonyl (C=O) groups excluding carboxylic acids is 1. The van der Waals surface area contributed by atoms with Crippen LogP contribution in [0.25, 0.3) is 23.0 Å². The van der Waals surface area contributed by atoms with Crippen molar-refractivity contribution < 1.29 is 9.53 Å². The van der Waals surface area contributed by atoms with E-state index >= 15 is 0 Å². The average molecular weight is 503 g/mol. The fourth-order valence-corrected chi connectivity index (χ4v) is 4.87. The molecule has 1 aromatic carbocycles. The van der Waals surface area contributed by atoms with Gasteiger partial charge in [-0.3, -0.25) is 9.78 Å². The van der Waals surface area contributed by atoms with Gasteiger partial charge in [-0.05, 0) is 54.0 Å². The van der Waals surface area contributed by atoms with Gasteiger partial charge in [0, 0.05) is 41.8 Å². The number of hydrogen-bond acceptors (Lipinski definition) is 7. The van der Waals surface area contributed by atoms with Gasteiger partial charge in [0.1, 0.15) is 11.1 Å². The number of allylic oxidation sites excluding steroid dienone is 1. The van der Waals surface area contributed by atoms with Crippen LogP contribution in [-0.2, 0) is 17.9 Å². The van der Waals surface area contributed by atoms with Gasteiger partial charge in [0.25, 0.3) is 0 Å². The second kappa shape index (κ2) is 9.48. The van der Waals surface area contributed by atoms with Crippen molar-refractivity contribution in [3.8, 4) is 22.9 Å². The average Bonchev–Trinajstić information content (AvgIpc) is 3.30. The zero-order chi connectivity index (χ0) is 26.2. The van der Waals surface area contributed by atoms with Gasteiger partial charge in [0.15, 0.2) is 0 Å². The molecule has 188 valence electrons. The van der Waals surface area contributed by atoms with E-state index in [1.165, 1.54) is 6.08 Å². The highest BCUT2D eigenvalue weighted by Gasteiger charge is 2.27. The van der Waals surface area contributed by atoms with E-state index in [-0.39, 0.29) is 5.91 Å². The number of benzene rings is 1. The lowest BCUT2D eigenvalue weighted by Gasteiger charge is -2.27. The number of hydrogen-bond donors (Lipinski definition) is 2. The van der Waals surface area contributed by atoms with Crippen molar-refractivity contribution in [1.29, 1.82) is 0 Å². The Bertz CT molecular complexity index is 1710. The summed E-state index contributed by atoms with van der Waals surface area (Å²) >= 11 is 0. The zero-order valence-corrected chi connectivity index (χ0v) is 21.2. The van der Waals surface area contributed by atoms with Crippen molar-refractivity contribution in [3.05, 3.63) is 106 Å². The molecule has 1 aromatic heterocycles. The van der Waals surface area contributed by atoms with Crippen LogP contribution < -0.4 is 31.0 Å². The molecule has 1 aliphatic carbocycles. The first kappa shape index (κ1) is 23.4. The number of pyridine rings is 1. The Morgan fingerprint density at radius 1 is 1.21 bits per heavy atom. The highest BCUT2D eigenvalue weighted by atomic mass is 16.5. The third-order valence-corrected chi connectivity index (χ3v) is 6.73. The van der Waals surface area contributed by atoms with Crippen molar-refractivity contribution >= 4 is 23.4 Å². The molecule has 4 aliphatic rings. The molecule has 8 heteroatoms. The molecule has 0 spiro atoms. The number of nitrogens with zero attached hydrogens (tertiary/aromatic N) is 4. The van der Waals surface area contributed by atoms with Crippen molar-refractivity contribution in [2.45, 2.75) is 20.0 Å². The third-order valence-electron chi connectivity index (χ3n) is 6.73. The van der Waals surface area contributed by atoms with Gasteiger partial charge < -0.3 is 20.4 Å². The van der Waals surface area contributed by atoms with Gasteiger partial charge in [-0.1, -0.05) is 36.9 Å². The van der Waals surface area contributed by atoms with E-state index in [1.807, 2.05) is 44.3 Å². The Hall–Kier alpha value is -4.98. The number of fused-ring (bicyclic) bond motifs is 2. The molecule has 1 amide bonds. The first-order valence-electron chi connectivity index (χ1n) is 12.3. The molecule has 0 saturated carbocycles. The summed E-state index contributed by atoms with van der Waals surface area (Å²) in [5.74, 6) is 1.05. The minimum Gasteiger partial charge on any atom is -0.438 e. The van der Waals surface area contributed by atoms with Crippen LogP contribution in [0.15, 0.2) is 78.6 Å². The van der Waals surface area contributed by atoms with Crippen molar-refractivity contribution in [2.75, 3.05) is 11.9 Å². The van der Waals surface area contributed by atoms with E-state index in [9.17, 15) is 4.79 Å². The monoisotopic (exact) mass is 502 g/mol. The zero-order valence-electron chi connectivity index (χ0n) is 21.2. The molecule has 6 rings (SSSR count). The molecule has 0 unspecified atom stereocenters. The van der Waals surface area contributed by atoms with E-state index in [2.05, 4.69) is 62.7 Å². The van der Waals surface area contributed by atoms with Gasteiger partial charge in [-0.2, -0.15) is 5.10 Å². The summed E-state index contributed by atoms with van der Waals surface area (Å²) in [5, 5.41) is 9.02. The summed E-state index contributed by atoms with van der Waals surface area (Å²) in [7, 11) is 2.04. The molecular weight excluding hydrogens is 476 g/mol. The van der Waals surface area contributed by atoms with E-state index in [1.54, 1.807) is 6.20 Å². The molecule has 38 heavy (non-hydrogen) atoms. The number of amides is 1. The van der Waals surface area contributed by atoms with Crippen molar-refractivity contribution in [2.24, 2.45) is 5.10 Å². The molecule has 3 aliphatic heterocycles. The first-order valence-corrected chi connectivity index (χ1v) is 12.3. The van der Waals surface area contributed by atoms with Crippen LogP contribution in [0.4, 0.5) is 5.69 Å². The molecule has 8 nitrogen and oxygen atoms in total. The largest absolute Gasteiger partial charge is 0.438 e. The lowest BCUT2D eigenvalue weighted by Crippen LogP contribution is -2.26. The number of aromatic nitrogens is 2. The smallest absolute Gasteiger partial charge is 0.243 e. The van der Waals surface area contributed by atoms with Gasteiger partial charge in [-0.15, -0.1) is 0 Å². The van der Waals surface area contributed by atoms with E-state index in [0.717, 1.165) is 55.6 Å². The lowest BCUT2D eigenvalue weighted by molar-refractivity contribution is -0.116. The summed E-state index contributed by atoms with van der Waals surface area (Å²) in [5.41, 5.74) is 11.0. The van der Waals surface area contributed by atoms with Crippen molar-refractivity contribution in [1.82, 2.24) is 20.7 Å². The van der Waals surface area contributed by atoms with Crippen molar-refractivity contribution in [3.63, 3.8) is 0 Å². The quantitative estimate of drug-likeness (QED) is 0.393. The summed E-state index contributed by atoms with van der Waals surface area (Å²) in [6, 6.07) is 16.0. The minimum atomic E-state index is -0.193. The molecule has 4 heterocycles. The predicted molar refractivity (Wildman–Crippen MR) is 147 cm³/mol. The van der Waals surface area contributed by atoms with Gasteiger partial charge in [-0.25, -0.2) is 4.98 Å². The van der Waals surface area contributed by atoms with Crippen LogP contribution in [0.3, 0.4) is 0 Å². The number of carbonyl (C=O) groups is 1. The maximum Gasteiger partial charge on any atom is 0.243 e. The second-order valence-electron chi connectivity index (χ2n) is 9.23. The van der Waals surface area contributed by atoms with Crippen LogP contribution in [0.1, 0.15) is 22.4 Å². The Kier molecular flexibility index (Phi) is 5.84. The maximum atomic E-state index is 11.5. The fraction of sp³-hybridized carbons (Fsp3) is 0.133. The Morgan fingerprint density at radius 3 is 2.84 bits per heavy atom. The molecule has 0 bridgehead atoms. The van der Waals surface area contributed by atoms with Gasteiger partial charge in [0.2, 0.25) is 11.8 Å². The van der Waals surface area contributed by atoms with Crippen LogP contribution >= 0.6 is 0 Å². The second-order valence-corrected chi connectivity index (χ2v) is 9.23. The number of nitrogens with one attached hydrogen (secondary N) is 2. The van der Waals surface area contributed by atoms with E-state index < -0.39 is 0 Å². The van der Waals surface area contributed by atoms with Crippen LogP contribution in [0.5, 0.6) is 11.6 Å². The highest BCUT2D eigenvalue weighted by molar-refractivity contribution is 5.93.